The molecular formula is C24H31N5O2. The summed E-state index contributed by atoms with van der Waals surface area (Å²) >= 11 is 0. The molecule has 1 atom stereocenters. The first-order chi connectivity index (χ1) is 14.9. The molecule has 0 spiro atoms. The molecule has 2 aromatic carbocycles. The lowest BCUT2D eigenvalue weighted by Gasteiger charge is -2.25. The molecule has 31 heavy (non-hydrogen) atoms. The van der Waals surface area contributed by atoms with Gasteiger partial charge < -0.3 is 25.4 Å². The summed E-state index contributed by atoms with van der Waals surface area (Å²) < 4.78 is 0. The van der Waals surface area contributed by atoms with E-state index in [0.717, 1.165) is 27.7 Å². The Morgan fingerprint density at radius 1 is 0.935 bits per heavy atom. The molecule has 0 aliphatic carbocycles. The van der Waals surface area contributed by atoms with Crippen LogP contribution in [-0.4, -0.2) is 63.0 Å². The molecule has 3 N–H and O–H groups in total. The van der Waals surface area contributed by atoms with Gasteiger partial charge in [-0.05, 0) is 49.8 Å². The predicted molar refractivity (Wildman–Crippen MR) is 125 cm³/mol. The predicted octanol–water partition coefficient (Wildman–Crippen LogP) is 2.31. The highest BCUT2D eigenvalue weighted by atomic mass is 16.2. The zero-order chi connectivity index (χ0) is 22.4. The van der Waals surface area contributed by atoms with Gasteiger partial charge in [0.15, 0.2) is 0 Å². The van der Waals surface area contributed by atoms with Crippen molar-refractivity contribution < 1.29 is 9.59 Å². The first-order valence-corrected chi connectivity index (χ1v) is 10.4. The Kier molecular flexibility index (Phi) is 7.31. The molecule has 0 unspecified atom stereocenters. The van der Waals surface area contributed by atoms with Crippen LogP contribution in [0.3, 0.4) is 0 Å². The molecule has 7 nitrogen and oxygen atoms in total. The van der Waals surface area contributed by atoms with Gasteiger partial charge in [0.2, 0.25) is 0 Å². The maximum atomic E-state index is 12.3. The van der Waals surface area contributed by atoms with Crippen LogP contribution in [0.5, 0.6) is 0 Å². The van der Waals surface area contributed by atoms with E-state index in [4.69, 9.17) is 0 Å². The van der Waals surface area contributed by atoms with Crippen LogP contribution in [0.25, 0.3) is 10.9 Å². The van der Waals surface area contributed by atoms with E-state index in [-0.39, 0.29) is 6.04 Å². The maximum Gasteiger partial charge on any atom is 0.309 e. The molecule has 164 valence electrons. The van der Waals surface area contributed by atoms with Gasteiger partial charge in [-0.3, -0.25) is 9.59 Å². The van der Waals surface area contributed by atoms with E-state index < -0.39 is 11.8 Å². The highest BCUT2D eigenvalue weighted by Crippen LogP contribution is 2.21. The van der Waals surface area contributed by atoms with Crippen molar-refractivity contribution in [2.24, 2.45) is 0 Å². The maximum absolute atomic E-state index is 12.3. The van der Waals surface area contributed by atoms with Crippen molar-refractivity contribution in [2.45, 2.75) is 12.5 Å². The van der Waals surface area contributed by atoms with Crippen LogP contribution in [0.4, 0.5) is 5.69 Å². The highest BCUT2D eigenvalue weighted by molar-refractivity contribution is 6.35. The number of amides is 2. The average molecular weight is 422 g/mol. The second kappa shape index (κ2) is 10.1. The van der Waals surface area contributed by atoms with Crippen molar-refractivity contribution in [1.29, 1.82) is 0 Å². The minimum absolute atomic E-state index is 0.0285. The van der Waals surface area contributed by atoms with E-state index in [1.807, 2.05) is 92.7 Å². The Bertz CT molecular complexity index is 1020. The normalized spacial score (nSPS) is 12.0. The van der Waals surface area contributed by atoms with Crippen molar-refractivity contribution in [3.05, 3.63) is 65.9 Å². The summed E-state index contributed by atoms with van der Waals surface area (Å²) in [6.07, 6.45) is 2.60. The highest BCUT2D eigenvalue weighted by Gasteiger charge is 2.19. The summed E-state index contributed by atoms with van der Waals surface area (Å²) in [5.74, 6) is -1.23. The number of aromatic amines is 1. The third-order valence-corrected chi connectivity index (χ3v) is 5.43. The van der Waals surface area contributed by atoms with Crippen molar-refractivity contribution in [3.8, 4) is 0 Å². The lowest BCUT2D eigenvalue weighted by Crippen LogP contribution is -2.43. The minimum atomic E-state index is -0.615. The number of hydrogen-bond acceptors (Lipinski definition) is 4. The minimum Gasteiger partial charge on any atom is -0.378 e. The van der Waals surface area contributed by atoms with Crippen LogP contribution in [-0.2, 0) is 16.0 Å². The number of hydrogen-bond donors (Lipinski definition) is 3. The number of carbonyl (C=O) groups is 2. The Balaban J connectivity index is 1.50. The van der Waals surface area contributed by atoms with Crippen molar-refractivity contribution in [2.75, 3.05) is 46.2 Å². The number of nitrogens with one attached hydrogen (secondary N) is 3. The number of H-pyrrole nitrogens is 1. The lowest BCUT2D eigenvalue weighted by molar-refractivity contribution is -0.139. The van der Waals surface area contributed by atoms with Crippen LogP contribution in [0.2, 0.25) is 0 Å². The number of fused-ring (bicyclic) bond motifs is 1. The molecule has 1 aromatic heterocycles. The fourth-order valence-corrected chi connectivity index (χ4v) is 3.59. The Morgan fingerprint density at radius 3 is 2.29 bits per heavy atom. The molecule has 2 amide bonds. The van der Waals surface area contributed by atoms with E-state index in [9.17, 15) is 9.59 Å². The molecule has 0 saturated heterocycles. The summed E-state index contributed by atoms with van der Waals surface area (Å²) in [5, 5.41) is 6.61. The molecule has 0 radical (unpaired) electrons. The first-order valence-electron chi connectivity index (χ1n) is 10.4. The lowest BCUT2D eigenvalue weighted by atomic mass is 10.1. The largest absolute Gasteiger partial charge is 0.378 e. The smallest absolute Gasteiger partial charge is 0.309 e. The molecule has 0 fully saturated rings. The number of likely N-dealkylation sites (N-methyl/N-ethyl adjacent to an activating group) is 1. The van der Waals surface area contributed by atoms with Crippen LogP contribution in [0, 0.1) is 0 Å². The zero-order valence-corrected chi connectivity index (χ0v) is 18.6. The van der Waals surface area contributed by atoms with E-state index >= 15 is 0 Å². The van der Waals surface area contributed by atoms with Gasteiger partial charge >= 0.3 is 11.8 Å². The van der Waals surface area contributed by atoms with Gasteiger partial charge in [0.25, 0.3) is 0 Å². The topological polar surface area (TPSA) is 80.5 Å². The number of benzene rings is 2. The summed E-state index contributed by atoms with van der Waals surface area (Å²) in [4.78, 5) is 31.8. The number of aromatic nitrogens is 1. The van der Waals surface area contributed by atoms with Crippen LogP contribution < -0.4 is 15.5 Å². The number of anilines is 1. The van der Waals surface area contributed by atoms with E-state index in [1.165, 1.54) is 0 Å². The number of para-hydroxylation sites is 1. The van der Waals surface area contributed by atoms with Gasteiger partial charge in [0.1, 0.15) is 0 Å². The van der Waals surface area contributed by atoms with Gasteiger partial charge in [-0.25, -0.2) is 0 Å². The third kappa shape index (κ3) is 5.64. The van der Waals surface area contributed by atoms with Gasteiger partial charge in [-0.1, -0.05) is 30.3 Å². The second-order valence-corrected chi connectivity index (χ2v) is 8.04. The van der Waals surface area contributed by atoms with Gasteiger partial charge in [-0.2, -0.15) is 0 Å². The van der Waals surface area contributed by atoms with E-state index in [1.54, 1.807) is 0 Å². The molecule has 0 aliphatic rings. The molecule has 1 heterocycles. The van der Waals surface area contributed by atoms with Gasteiger partial charge in [-0.15, -0.1) is 0 Å². The standard InChI is InChI=1S/C24H31N5O2/c1-28(2)19-11-9-17(10-12-19)22(29(3)4)16-27-24(31)23(30)25-14-13-18-15-26-21-8-6-5-7-20(18)21/h5-12,15,22,26H,13-14,16H2,1-4H3,(H,25,30)(H,27,31)/t22-/m0/s1. The van der Waals surface area contributed by atoms with Crippen molar-refractivity contribution in [3.63, 3.8) is 0 Å². The summed E-state index contributed by atoms with van der Waals surface area (Å²) in [6, 6.07) is 16.2. The molecule has 3 aromatic rings. The number of carbonyl (C=O) groups excluding carboxylic acids is 2. The van der Waals surface area contributed by atoms with Crippen LogP contribution in [0.15, 0.2) is 54.7 Å². The zero-order valence-electron chi connectivity index (χ0n) is 18.6. The second-order valence-electron chi connectivity index (χ2n) is 8.04. The van der Waals surface area contributed by atoms with Gasteiger partial charge in [0, 0.05) is 50.0 Å². The third-order valence-electron chi connectivity index (χ3n) is 5.43. The molecule has 0 aliphatic heterocycles. The summed E-state index contributed by atoms with van der Waals surface area (Å²) in [6.45, 7) is 0.750. The molecule has 3 rings (SSSR count). The molecular weight excluding hydrogens is 390 g/mol. The molecule has 0 bridgehead atoms. The Labute approximate surface area is 183 Å². The first kappa shape index (κ1) is 22.4. The van der Waals surface area contributed by atoms with E-state index in [2.05, 4.69) is 15.6 Å². The summed E-state index contributed by atoms with van der Waals surface area (Å²) in [5.41, 5.74) is 4.37. The SMILES string of the molecule is CN(C)c1ccc([C@H](CNC(=O)C(=O)NCCc2c[nH]c3ccccc23)N(C)C)cc1. The quantitative estimate of drug-likeness (QED) is 0.488. The fraction of sp³-hybridized carbons (Fsp3) is 0.333. The van der Waals surface area contributed by atoms with Crippen molar-refractivity contribution in [1.82, 2.24) is 20.5 Å². The average Bonchev–Trinajstić information content (AvgIpc) is 3.17. The molecule has 0 saturated carbocycles. The van der Waals surface area contributed by atoms with Crippen molar-refractivity contribution >= 4 is 28.4 Å². The number of rotatable bonds is 8. The Morgan fingerprint density at radius 2 is 1.61 bits per heavy atom. The fourth-order valence-electron chi connectivity index (χ4n) is 3.59. The molecule has 7 heteroatoms. The number of nitrogens with zero attached hydrogens (tertiary/aromatic N) is 2. The van der Waals surface area contributed by atoms with Gasteiger partial charge in [0.05, 0.1) is 6.04 Å². The van der Waals surface area contributed by atoms with Crippen LogP contribution >= 0.6 is 0 Å². The Hall–Kier alpha value is -3.32. The summed E-state index contributed by atoms with van der Waals surface area (Å²) in [7, 11) is 7.90. The van der Waals surface area contributed by atoms with E-state index in [0.29, 0.717) is 19.5 Å². The van der Waals surface area contributed by atoms with Crippen LogP contribution in [0.1, 0.15) is 17.2 Å². The monoisotopic (exact) mass is 421 g/mol.